The number of nitrogens with two attached hydrogens (primary N) is 1. The van der Waals surface area contributed by atoms with Crippen LogP contribution in [0.15, 0.2) is 30.3 Å². The highest BCUT2D eigenvalue weighted by Gasteiger charge is 2.18. The Bertz CT molecular complexity index is 365. The van der Waals surface area contributed by atoms with E-state index in [2.05, 4.69) is 5.32 Å². The first kappa shape index (κ1) is 12.2. The molecule has 1 unspecified atom stereocenters. The van der Waals surface area contributed by atoms with Crippen LogP contribution in [0.1, 0.15) is 17.3 Å². The van der Waals surface area contributed by atoms with E-state index in [1.165, 1.54) is 0 Å². The molecule has 0 spiro atoms. The van der Waals surface area contributed by atoms with Crippen molar-refractivity contribution in [3.8, 4) is 0 Å². The van der Waals surface area contributed by atoms with Crippen molar-refractivity contribution in [3.05, 3.63) is 35.9 Å². The molecule has 0 saturated carbocycles. The van der Waals surface area contributed by atoms with Crippen molar-refractivity contribution in [1.82, 2.24) is 5.32 Å². The summed E-state index contributed by atoms with van der Waals surface area (Å²) in [4.78, 5) is 22.6. The molecule has 5 nitrogen and oxygen atoms in total. The summed E-state index contributed by atoms with van der Waals surface area (Å²) in [6, 6.07) is 8.54. The molecule has 0 saturated heterocycles. The third kappa shape index (κ3) is 3.36. The van der Waals surface area contributed by atoms with Crippen molar-refractivity contribution in [3.63, 3.8) is 0 Å². The Hall–Kier alpha value is -1.88. The zero-order valence-electron chi connectivity index (χ0n) is 8.97. The quantitative estimate of drug-likeness (QED) is 0.701. The summed E-state index contributed by atoms with van der Waals surface area (Å²) in [5.41, 5.74) is 5.52. The average Bonchev–Trinajstić information content (AvgIpc) is 2.29. The molecule has 86 valence electrons. The van der Waals surface area contributed by atoms with Crippen LogP contribution < -0.4 is 11.1 Å². The van der Waals surface area contributed by atoms with E-state index in [4.69, 9.17) is 10.5 Å². The molecule has 2 amide bonds. The van der Waals surface area contributed by atoms with Crippen LogP contribution >= 0.6 is 0 Å². The molecule has 1 atom stereocenters. The second kappa shape index (κ2) is 5.87. The van der Waals surface area contributed by atoms with Crippen molar-refractivity contribution in [2.45, 2.75) is 13.2 Å². The van der Waals surface area contributed by atoms with Crippen molar-refractivity contribution >= 4 is 11.8 Å². The summed E-state index contributed by atoms with van der Waals surface area (Å²) in [7, 11) is 0. The van der Waals surface area contributed by atoms with Crippen LogP contribution in [0.4, 0.5) is 0 Å². The van der Waals surface area contributed by atoms with E-state index in [9.17, 15) is 9.59 Å². The molecule has 0 heterocycles. The van der Waals surface area contributed by atoms with Gasteiger partial charge >= 0.3 is 0 Å². The number of hydrogen-bond donors (Lipinski definition) is 2. The Kier molecular flexibility index (Phi) is 4.47. The van der Waals surface area contributed by atoms with Gasteiger partial charge in [-0.15, -0.1) is 0 Å². The predicted molar refractivity (Wildman–Crippen MR) is 58.5 cm³/mol. The fraction of sp³-hybridized carbons (Fsp3) is 0.273. The van der Waals surface area contributed by atoms with Crippen LogP contribution in [0.5, 0.6) is 0 Å². The van der Waals surface area contributed by atoms with Gasteiger partial charge in [0.05, 0.1) is 0 Å². The minimum atomic E-state index is -1.09. The van der Waals surface area contributed by atoms with Gasteiger partial charge in [0, 0.05) is 12.2 Å². The van der Waals surface area contributed by atoms with Crippen LogP contribution in [0.2, 0.25) is 0 Å². The van der Waals surface area contributed by atoms with E-state index >= 15 is 0 Å². The number of carbonyl (C=O) groups excluding carboxylic acids is 2. The van der Waals surface area contributed by atoms with Gasteiger partial charge in [-0.1, -0.05) is 18.2 Å². The monoisotopic (exact) mass is 222 g/mol. The van der Waals surface area contributed by atoms with Crippen LogP contribution in [-0.4, -0.2) is 24.6 Å². The lowest BCUT2D eigenvalue weighted by molar-refractivity contribution is -0.130. The Morgan fingerprint density at radius 3 is 2.50 bits per heavy atom. The maximum Gasteiger partial charge on any atom is 0.267 e. The van der Waals surface area contributed by atoms with Crippen LogP contribution in [0, 0.1) is 0 Å². The van der Waals surface area contributed by atoms with Gasteiger partial charge < -0.3 is 15.8 Å². The van der Waals surface area contributed by atoms with Crippen molar-refractivity contribution in [1.29, 1.82) is 0 Å². The maximum atomic E-state index is 11.6. The van der Waals surface area contributed by atoms with Gasteiger partial charge in [0.25, 0.3) is 11.8 Å². The van der Waals surface area contributed by atoms with Crippen LogP contribution in [0.25, 0.3) is 0 Å². The molecule has 0 aliphatic carbocycles. The lowest BCUT2D eigenvalue weighted by atomic mass is 10.2. The van der Waals surface area contributed by atoms with Gasteiger partial charge in [-0.05, 0) is 19.1 Å². The molecule has 0 aromatic heterocycles. The number of ether oxygens (including phenoxy) is 1. The molecular weight excluding hydrogens is 208 g/mol. The third-order valence-electron chi connectivity index (χ3n) is 1.89. The molecule has 0 bridgehead atoms. The van der Waals surface area contributed by atoms with E-state index in [1.54, 1.807) is 37.3 Å². The van der Waals surface area contributed by atoms with Crippen molar-refractivity contribution in [2.24, 2.45) is 5.73 Å². The van der Waals surface area contributed by atoms with E-state index in [-0.39, 0.29) is 0 Å². The normalized spacial score (nSPS) is 11.8. The molecule has 16 heavy (non-hydrogen) atoms. The number of nitrogens with one attached hydrogen (secondary N) is 1. The molecular formula is C11H14N2O3. The van der Waals surface area contributed by atoms with E-state index < -0.39 is 18.0 Å². The van der Waals surface area contributed by atoms with E-state index in [1.807, 2.05) is 0 Å². The van der Waals surface area contributed by atoms with Crippen molar-refractivity contribution in [2.75, 3.05) is 6.61 Å². The van der Waals surface area contributed by atoms with Crippen molar-refractivity contribution < 1.29 is 14.3 Å². The minimum absolute atomic E-state index is 0.294. The first-order valence-electron chi connectivity index (χ1n) is 4.92. The summed E-state index contributed by atoms with van der Waals surface area (Å²) < 4.78 is 4.99. The predicted octanol–water partition coefficient (Wildman–Crippen LogP) is 0.264. The molecule has 1 aromatic carbocycles. The number of benzene rings is 1. The van der Waals surface area contributed by atoms with Gasteiger partial charge in [-0.25, -0.2) is 0 Å². The summed E-state index contributed by atoms with van der Waals surface area (Å²) in [6.45, 7) is 2.01. The fourth-order valence-electron chi connectivity index (χ4n) is 1.15. The Labute approximate surface area is 93.6 Å². The lowest BCUT2D eigenvalue weighted by Gasteiger charge is -2.14. The number of primary amides is 1. The van der Waals surface area contributed by atoms with Crippen LogP contribution in [0.3, 0.4) is 0 Å². The molecule has 0 aliphatic rings. The first-order chi connectivity index (χ1) is 7.65. The molecule has 0 aliphatic heterocycles. The second-order valence-electron chi connectivity index (χ2n) is 3.08. The number of amides is 2. The summed E-state index contributed by atoms with van der Waals surface area (Å²) in [5, 5.41) is 2.40. The first-order valence-corrected chi connectivity index (χ1v) is 4.92. The number of carbonyl (C=O) groups is 2. The average molecular weight is 222 g/mol. The highest BCUT2D eigenvalue weighted by Crippen LogP contribution is 1.99. The molecule has 1 rings (SSSR count). The zero-order chi connectivity index (χ0) is 12.0. The standard InChI is InChI=1S/C11H14N2O3/c1-2-16-11(9(12)14)13-10(15)8-6-4-3-5-7-8/h3-7,11H,2H2,1H3,(H2,12,14)(H,13,15). The molecule has 0 radical (unpaired) electrons. The van der Waals surface area contributed by atoms with Gasteiger partial charge in [0.2, 0.25) is 6.23 Å². The highest BCUT2D eigenvalue weighted by atomic mass is 16.5. The fourth-order valence-corrected chi connectivity index (χ4v) is 1.15. The smallest absolute Gasteiger partial charge is 0.267 e. The number of hydrogen-bond acceptors (Lipinski definition) is 3. The number of rotatable bonds is 5. The van der Waals surface area contributed by atoms with Gasteiger partial charge in [-0.2, -0.15) is 0 Å². The van der Waals surface area contributed by atoms with Crippen LogP contribution in [-0.2, 0) is 9.53 Å². The molecule has 3 N–H and O–H groups in total. The zero-order valence-corrected chi connectivity index (χ0v) is 8.97. The largest absolute Gasteiger partial charge is 0.366 e. The third-order valence-corrected chi connectivity index (χ3v) is 1.89. The van der Waals surface area contributed by atoms with E-state index in [0.717, 1.165) is 0 Å². The van der Waals surface area contributed by atoms with Gasteiger partial charge in [0.15, 0.2) is 0 Å². The lowest BCUT2D eigenvalue weighted by Crippen LogP contribution is -2.46. The molecule has 1 aromatic rings. The van der Waals surface area contributed by atoms with E-state index in [0.29, 0.717) is 12.2 Å². The summed E-state index contributed by atoms with van der Waals surface area (Å²) in [5.74, 6) is -1.11. The minimum Gasteiger partial charge on any atom is -0.366 e. The van der Waals surface area contributed by atoms with Gasteiger partial charge in [0.1, 0.15) is 0 Å². The Morgan fingerprint density at radius 1 is 1.38 bits per heavy atom. The Morgan fingerprint density at radius 2 is 2.00 bits per heavy atom. The highest BCUT2D eigenvalue weighted by molar-refractivity contribution is 5.96. The van der Waals surface area contributed by atoms with Gasteiger partial charge in [-0.3, -0.25) is 9.59 Å². The molecule has 5 heteroatoms. The second-order valence-corrected chi connectivity index (χ2v) is 3.08. The Balaban J connectivity index is 2.65. The maximum absolute atomic E-state index is 11.6. The topological polar surface area (TPSA) is 81.4 Å². The SMILES string of the molecule is CCOC(NC(=O)c1ccccc1)C(N)=O. The summed E-state index contributed by atoms with van der Waals surface area (Å²) in [6.07, 6.45) is -1.09. The summed E-state index contributed by atoms with van der Waals surface area (Å²) >= 11 is 0. The molecule has 0 fully saturated rings.